The molecule has 0 saturated heterocycles. The Labute approximate surface area is 265 Å². The van der Waals surface area contributed by atoms with Gasteiger partial charge in [0.05, 0.1) is 23.4 Å². The first-order chi connectivity index (χ1) is 25.5. The molecule has 0 aliphatic rings. The van der Waals surface area contributed by atoms with E-state index in [-0.39, 0.29) is 57.2 Å². The molecule has 44 heavy (non-hydrogen) atoms. The SMILES string of the molecule is [2H]c1c([2H])c([2H])c(-c2cccc3c4c([2H])c([2H])c([2H])c([2H])c4n(-c4nc(-c5ccccc5)nc(-c5ccc6c(c5)oc5ccccc56)n4)c23)c([2H])c1[2H]. The summed E-state index contributed by atoms with van der Waals surface area (Å²) in [5.74, 6) is 0.502. The summed E-state index contributed by atoms with van der Waals surface area (Å²) in [4.78, 5) is 14.7. The van der Waals surface area contributed by atoms with Crippen molar-refractivity contribution in [3.63, 3.8) is 0 Å². The maximum Gasteiger partial charge on any atom is 0.238 e. The van der Waals surface area contributed by atoms with Crippen molar-refractivity contribution in [3.8, 4) is 39.9 Å². The molecular formula is C39H24N4O. The van der Waals surface area contributed by atoms with E-state index in [1.807, 2.05) is 72.8 Å². The zero-order valence-electron chi connectivity index (χ0n) is 31.9. The highest BCUT2D eigenvalue weighted by atomic mass is 16.3. The lowest BCUT2D eigenvalue weighted by Crippen LogP contribution is -2.07. The molecule has 9 rings (SSSR count). The van der Waals surface area contributed by atoms with Gasteiger partial charge in [-0.2, -0.15) is 9.97 Å². The van der Waals surface area contributed by atoms with E-state index in [2.05, 4.69) is 0 Å². The highest BCUT2D eigenvalue weighted by Crippen LogP contribution is 2.38. The third-order valence-corrected chi connectivity index (χ3v) is 7.68. The van der Waals surface area contributed by atoms with Crippen molar-refractivity contribution in [2.45, 2.75) is 0 Å². The number of aromatic nitrogens is 4. The van der Waals surface area contributed by atoms with Gasteiger partial charge in [-0.3, -0.25) is 4.57 Å². The zero-order chi connectivity index (χ0) is 36.9. The van der Waals surface area contributed by atoms with Gasteiger partial charge in [0, 0.05) is 38.2 Å². The molecule has 0 saturated carbocycles. The Balaban J connectivity index is 1.43. The molecule has 0 atom stereocenters. The van der Waals surface area contributed by atoms with Crippen LogP contribution in [0.5, 0.6) is 0 Å². The van der Waals surface area contributed by atoms with Gasteiger partial charge in [-0.25, -0.2) is 4.98 Å². The summed E-state index contributed by atoms with van der Waals surface area (Å²) in [5.41, 5.74) is 2.95. The minimum absolute atomic E-state index is 0.0107. The largest absolute Gasteiger partial charge is 0.456 e. The molecule has 0 aliphatic carbocycles. The first-order valence-corrected chi connectivity index (χ1v) is 13.9. The summed E-state index contributed by atoms with van der Waals surface area (Å²) in [6.07, 6.45) is 0. The number of para-hydroxylation sites is 3. The molecule has 6 aromatic carbocycles. The highest BCUT2D eigenvalue weighted by molar-refractivity contribution is 6.13. The minimum atomic E-state index is -0.549. The van der Waals surface area contributed by atoms with Gasteiger partial charge < -0.3 is 4.42 Å². The van der Waals surface area contributed by atoms with Crippen LogP contribution >= 0.6 is 0 Å². The number of benzene rings is 6. The second-order valence-electron chi connectivity index (χ2n) is 10.2. The van der Waals surface area contributed by atoms with Crippen molar-refractivity contribution in [2.24, 2.45) is 0 Å². The molecule has 3 aromatic heterocycles. The van der Waals surface area contributed by atoms with E-state index in [1.165, 1.54) is 4.57 Å². The number of nitrogens with zero attached hydrogens (tertiary/aromatic N) is 4. The Hall–Kier alpha value is -6.07. The standard InChI is InChI=1S/C39H24N4O/c1-3-12-25(13-4-1)28-18-11-19-32-29-16-7-9-20-33(29)43(36(28)32)39-41-37(26-14-5-2-6-15-26)40-38(42-39)27-22-23-31-30-17-8-10-21-34(30)44-35(31)24-27/h1-24H/i1D,3D,4D,7D,9D,12D,13D,16D,20D. The Morgan fingerprint density at radius 2 is 1.25 bits per heavy atom. The number of furan rings is 1. The fourth-order valence-electron chi connectivity index (χ4n) is 5.73. The Bertz CT molecular complexity index is 2990. The topological polar surface area (TPSA) is 56.7 Å². The molecule has 9 aromatic rings. The number of hydrogen-bond acceptors (Lipinski definition) is 4. The monoisotopic (exact) mass is 573 g/mol. The highest BCUT2D eigenvalue weighted by Gasteiger charge is 2.20. The van der Waals surface area contributed by atoms with Crippen LogP contribution in [-0.2, 0) is 0 Å². The Kier molecular flexibility index (Phi) is 3.80. The van der Waals surface area contributed by atoms with Gasteiger partial charge in [-0.1, -0.05) is 121 Å². The third kappa shape index (κ3) is 3.83. The van der Waals surface area contributed by atoms with Crippen LogP contribution in [0.25, 0.3) is 83.6 Å². The zero-order valence-corrected chi connectivity index (χ0v) is 22.9. The second-order valence-corrected chi connectivity index (χ2v) is 10.2. The van der Waals surface area contributed by atoms with Crippen LogP contribution in [0.15, 0.2) is 150 Å². The van der Waals surface area contributed by atoms with Crippen LogP contribution in [0.2, 0.25) is 0 Å². The quantitative estimate of drug-likeness (QED) is 0.210. The van der Waals surface area contributed by atoms with E-state index in [9.17, 15) is 0 Å². The van der Waals surface area contributed by atoms with Gasteiger partial charge in [0.2, 0.25) is 5.95 Å². The lowest BCUT2D eigenvalue weighted by molar-refractivity contribution is 0.669. The van der Waals surface area contributed by atoms with Crippen molar-refractivity contribution >= 4 is 43.7 Å². The first kappa shape index (κ1) is 17.1. The van der Waals surface area contributed by atoms with Crippen molar-refractivity contribution in [1.29, 1.82) is 0 Å². The normalized spacial score (nSPS) is 14.5. The molecular weight excluding hydrogens is 540 g/mol. The molecule has 0 bridgehead atoms. The van der Waals surface area contributed by atoms with E-state index in [0.29, 0.717) is 22.1 Å². The minimum Gasteiger partial charge on any atom is -0.456 e. The smallest absolute Gasteiger partial charge is 0.238 e. The van der Waals surface area contributed by atoms with Gasteiger partial charge >= 0.3 is 0 Å². The maximum atomic E-state index is 9.13. The van der Waals surface area contributed by atoms with Gasteiger partial charge in [-0.15, -0.1) is 0 Å². The summed E-state index contributed by atoms with van der Waals surface area (Å²) < 4.78 is 85.7. The summed E-state index contributed by atoms with van der Waals surface area (Å²) in [5, 5.41) is 2.37. The van der Waals surface area contributed by atoms with Crippen LogP contribution in [0.3, 0.4) is 0 Å². The van der Waals surface area contributed by atoms with Crippen molar-refractivity contribution in [2.75, 3.05) is 0 Å². The Morgan fingerprint density at radius 3 is 2.14 bits per heavy atom. The molecule has 0 amide bonds. The number of hydrogen-bond donors (Lipinski definition) is 0. The summed E-state index contributed by atoms with van der Waals surface area (Å²) in [6.45, 7) is 0. The Morgan fingerprint density at radius 1 is 0.523 bits per heavy atom. The van der Waals surface area contributed by atoms with Gasteiger partial charge in [0.1, 0.15) is 11.2 Å². The van der Waals surface area contributed by atoms with E-state index < -0.39 is 42.3 Å². The number of rotatable bonds is 4. The van der Waals surface area contributed by atoms with Crippen LogP contribution in [-0.4, -0.2) is 19.5 Å². The van der Waals surface area contributed by atoms with Gasteiger partial charge in [0.15, 0.2) is 11.6 Å². The van der Waals surface area contributed by atoms with Crippen molar-refractivity contribution in [3.05, 3.63) is 145 Å². The van der Waals surface area contributed by atoms with E-state index >= 15 is 0 Å². The predicted octanol–water partition coefficient (Wildman–Crippen LogP) is 9.87. The molecule has 206 valence electrons. The van der Waals surface area contributed by atoms with Crippen LogP contribution in [0, 0.1) is 0 Å². The van der Waals surface area contributed by atoms with Gasteiger partial charge in [-0.05, 0) is 29.8 Å². The number of fused-ring (bicyclic) bond motifs is 6. The maximum absolute atomic E-state index is 9.13. The molecule has 3 heterocycles. The summed E-state index contributed by atoms with van der Waals surface area (Å²) in [7, 11) is 0. The average molecular weight is 574 g/mol. The van der Waals surface area contributed by atoms with Crippen LogP contribution in [0.4, 0.5) is 0 Å². The second kappa shape index (κ2) is 9.75. The lowest BCUT2D eigenvalue weighted by Gasteiger charge is -2.13. The first-order valence-electron chi connectivity index (χ1n) is 18.4. The van der Waals surface area contributed by atoms with Crippen molar-refractivity contribution < 1.29 is 16.8 Å². The van der Waals surface area contributed by atoms with Crippen LogP contribution < -0.4 is 0 Å². The summed E-state index contributed by atoms with van der Waals surface area (Å²) in [6, 6.07) is 23.3. The molecule has 0 aliphatic heterocycles. The average Bonchev–Trinajstić information content (AvgIpc) is 3.74. The van der Waals surface area contributed by atoms with Crippen LogP contribution in [0.1, 0.15) is 12.3 Å². The molecule has 0 fully saturated rings. The third-order valence-electron chi connectivity index (χ3n) is 7.68. The molecule has 0 unspecified atom stereocenters. The van der Waals surface area contributed by atoms with E-state index in [4.69, 9.17) is 31.7 Å². The molecule has 0 N–H and O–H groups in total. The fraction of sp³-hybridized carbons (Fsp3) is 0. The van der Waals surface area contributed by atoms with Crippen molar-refractivity contribution in [1.82, 2.24) is 19.5 Å². The molecule has 5 nitrogen and oxygen atoms in total. The van der Waals surface area contributed by atoms with E-state index in [0.717, 1.165) is 16.4 Å². The lowest BCUT2D eigenvalue weighted by atomic mass is 10.0. The van der Waals surface area contributed by atoms with E-state index in [1.54, 1.807) is 18.2 Å². The van der Waals surface area contributed by atoms with Gasteiger partial charge in [0.25, 0.3) is 0 Å². The molecule has 5 heteroatoms. The summed E-state index contributed by atoms with van der Waals surface area (Å²) >= 11 is 0. The predicted molar refractivity (Wildman–Crippen MR) is 178 cm³/mol. The molecule has 0 spiro atoms. The fourth-order valence-corrected chi connectivity index (χ4v) is 5.73. The molecule has 0 radical (unpaired) electrons.